The van der Waals surface area contributed by atoms with Gasteiger partial charge in [0.2, 0.25) is 0 Å². The Morgan fingerprint density at radius 2 is 2.05 bits per heavy atom. The first-order valence-electron chi connectivity index (χ1n) is 7.21. The predicted octanol–water partition coefficient (Wildman–Crippen LogP) is 3.43. The molecule has 1 aromatic heterocycles. The largest absolute Gasteiger partial charge is 0.314 e. The van der Waals surface area contributed by atoms with Crippen molar-refractivity contribution in [2.45, 2.75) is 39.3 Å². The fourth-order valence-corrected chi connectivity index (χ4v) is 2.85. The Hall–Kier alpha value is -1.13. The highest BCUT2D eigenvalue weighted by Gasteiger charge is 2.12. The van der Waals surface area contributed by atoms with Crippen LogP contribution in [0.25, 0.3) is 0 Å². The fraction of sp³-hybridized carbons (Fsp3) is 0.438. The van der Waals surface area contributed by atoms with Crippen LogP contribution in [0.5, 0.6) is 0 Å². The summed E-state index contributed by atoms with van der Waals surface area (Å²) in [4.78, 5) is 0. The van der Waals surface area contributed by atoms with Crippen LogP contribution < -0.4 is 5.32 Å². The molecule has 0 bridgehead atoms. The van der Waals surface area contributed by atoms with Gasteiger partial charge < -0.3 is 5.32 Å². The fourth-order valence-electron chi connectivity index (χ4n) is 2.40. The van der Waals surface area contributed by atoms with Crippen LogP contribution in [0, 0.1) is 0 Å². The zero-order valence-corrected chi connectivity index (χ0v) is 13.7. The van der Waals surface area contributed by atoms with Crippen molar-refractivity contribution in [3.63, 3.8) is 0 Å². The van der Waals surface area contributed by atoms with Crippen LogP contribution >= 0.6 is 15.9 Å². The predicted molar refractivity (Wildman–Crippen MR) is 86.9 cm³/mol. The minimum atomic E-state index is 0.438. The quantitative estimate of drug-likeness (QED) is 0.840. The molecule has 3 nitrogen and oxygen atoms in total. The van der Waals surface area contributed by atoms with Crippen LogP contribution in [0.4, 0.5) is 0 Å². The van der Waals surface area contributed by atoms with Crippen molar-refractivity contribution in [1.29, 1.82) is 0 Å². The molecule has 0 aliphatic heterocycles. The van der Waals surface area contributed by atoms with Gasteiger partial charge in [0.1, 0.15) is 0 Å². The van der Waals surface area contributed by atoms with Crippen molar-refractivity contribution in [3.05, 3.63) is 52.3 Å². The monoisotopic (exact) mass is 335 g/mol. The molecule has 2 rings (SSSR count). The summed E-state index contributed by atoms with van der Waals surface area (Å²) in [7, 11) is 0. The summed E-state index contributed by atoms with van der Waals surface area (Å²) in [6.45, 7) is 6.18. The zero-order valence-electron chi connectivity index (χ0n) is 12.1. The number of rotatable bonds is 7. The van der Waals surface area contributed by atoms with E-state index in [4.69, 9.17) is 0 Å². The van der Waals surface area contributed by atoms with Gasteiger partial charge in [-0.25, -0.2) is 0 Å². The maximum Gasteiger partial charge on any atom is 0.0522 e. The standard InChI is InChI=1S/C16H22BrN3/c1-3-18-15(9-13-11-19-20(4-2)12-13)10-14-7-5-6-8-16(14)17/h5-8,11-12,15,18H,3-4,9-10H2,1-2H3. The zero-order chi connectivity index (χ0) is 14.4. The lowest BCUT2D eigenvalue weighted by molar-refractivity contribution is 0.520. The first kappa shape index (κ1) is 15.3. The Labute approximate surface area is 129 Å². The molecule has 0 amide bonds. The number of benzene rings is 1. The summed E-state index contributed by atoms with van der Waals surface area (Å²) in [6, 6.07) is 8.88. The van der Waals surface area contributed by atoms with Crippen molar-refractivity contribution in [3.8, 4) is 0 Å². The highest BCUT2D eigenvalue weighted by molar-refractivity contribution is 9.10. The molecule has 1 N–H and O–H groups in total. The Morgan fingerprint density at radius 3 is 2.70 bits per heavy atom. The molecule has 0 aliphatic rings. The van der Waals surface area contributed by atoms with E-state index >= 15 is 0 Å². The van der Waals surface area contributed by atoms with Crippen molar-refractivity contribution >= 4 is 15.9 Å². The summed E-state index contributed by atoms with van der Waals surface area (Å²) in [5.41, 5.74) is 2.64. The smallest absolute Gasteiger partial charge is 0.0522 e. The molecule has 0 saturated carbocycles. The lowest BCUT2D eigenvalue weighted by Gasteiger charge is -2.18. The van der Waals surface area contributed by atoms with Crippen molar-refractivity contribution in [2.24, 2.45) is 0 Å². The van der Waals surface area contributed by atoms with Gasteiger partial charge >= 0.3 is 0 Å². The lowest BCUT2D eigenvalue weighted by Crippen LogP contribution is -2.33. The van der Waals surface area contributed by atoms with Crippen LogP contribution in [-0.2, 0) is 19.4 Å². The molecule has 0 aliphatic carbocycles. The van der Waals surface area contributed by atoms with Crippen LogP contribution in [0.2, 0.25) is 0 Å². The number of halogens is 1. The highest BCUT2D eigenvalue weighted by Crippen LogP contribution is 2.18. The van der Waals surface area contributed by atoms with Gasteiger partial charge in [-0.1, -0.05) is 41.1 Å². The maximum absolute atomic E-state index is 4.35. The molecule has 0 saturated heterocycles. The van der Waals surface area contributed by atoms with Gasteiger partial charge in [0.25, 0.3) is 0 Å². The second-order valence-electron chi connectivity index (χ2n) is 4.96. The van der Waals surface area contributed by atoms with Gasteiger partial charge in [-0.05, 0) is 43.5 Å². The minimum absolute atomic E-state index is 0.438. The third-order valence-electron chi connectivity index (χ3n) is 3.41. The highest BCUT2D eigenvalue weighted by atomic mass is 79.9. The molecule has 0 radical (unpaired) electrons. The average Bonchev–Trinajstić information content (AvgIpc) is 2.89. The van der Waals surface area contributed by atoms with Crippen molar-refractivity contribution in [1.82, 2.24) is 15.1 Å². The van der Waals surface area contributed by atoms with E-state index in [1.807, 2.05) is 10.9 Å². The maximum atomic E-state index is 4.35. The summed E-state index contributed by atoms with van der Waals surface area (Å²) < 4.78 is 3.17. The Bertz CT molecular complexity index is 536. The normalized spacial score (nSPS) is 12.6. The van der Waals surface area contributed by atoms with E-state index in [9.17, 15) is 0 Å². The summed E-state index contributed by atoms with van der Waals surface area (Å²) >= 11 is 3.63. The number of aryl methyl sites for hydroxylation is 1. The van der Waals surface area contributed by atoms with E-state index in [1.165, 1.54) is 15.6 Å². The number of nitrogens with zero attached hydrogens (tertiary/aromatic N) is 2. The van der Waals surface area contributed by atoms with E-state index in [-0.39, 0.29) is 0 Å². The van der Waals surface area contributed by atoms with E-state index in [0.717, 1.165) is 25.9 Å². The number of likely N-dealkylation sites (N-methyl/N-ethyl adjacent to an activating group) is 1. The van der Waals surface area contributed by atoms with Crippen molar-refractivity contribution < 1.29 is 0 Å². The molecule has 20 heavy (non-hydrogen) atoms. The van der Waals surface area contributed by atoms with Gasteiger partial charge in [0.15, 0.2) is 0 Å². The molecule has 4 heteroatoms. The third-order valence-corrected chi connectivity index (χ3v) is 4.18. The van der Waals surface area contributed by atoms with Crippen LogP contribution in [0.3, 0.4) is 0 Å². The van der Waals surface area contributed by atoms with E-state index in [2.05, 4.69) is 70.7 Å². The Balaban J connectivity index is 2.05. The SMILES string of the molecule is CCNC(Cc1cnn(CC)c1)Cc1ccccc1Br. The number of hydrogen-bond acceptors (Lipinski definition) is 2. The molecule has 108 valence electrons. The van der Waals surface area contributed by atoms with Crippen molar-refractivity contribution in [2.75, 3.05) is 6.54 Å². The third kappa shape index (κ3) is 4.18. The van der Waals surface area contributed by atoms with E-state index in [0.29, 0.717) is 6.04 Å². The Morgan fingerprint density at radius 1 is 1.25 bits per heavy atom. The molecular weight excluding hydrogens is 314 g/mol. The molecule has 0 fully saturated rings. The molecule has 1 atom stereocenters. The summed E-state index contributed by atoms with van der Waals surface area (Å²) in [5, 5.41) is 7.93. The summed E-state index contributed by atoms with van der Waals surface area (Å²) in [6.07, 6.45) is 6.15. The number of nitrogens with one attached hydrogen (secondary N) is 1. The second-order valence-corrected chi connectivity index (χ2v) is 5.81. The molecule has 1 unspecified atom stereocenters. The van der Waals surface area contributed by atoms with Crippen LogP contribution in [-0.4, -0.2) is 22.4 Å². The first-order valence-corrected chi connectivity index (χ1v) is 8.00. The van der Waals surface area contributed by atoms with Gasteiger partial charge in [0, 0.05) is 23.3 Å². The van der Waals surface area contributed by atoms with Gasteiger partial charge in [-0.2, -0.15) is 5.10 Å². The molecule has 2 aromatic rings. The topological polar surface area (TPSA) is 29.9 Å². The van der Waals surface area contributed by atoms with Gasteiger partial charge in [-0.3, -0.25) is 4.68 Å². The number of aromatic nitrogens is 2. The lowest BCUT2D eigenvalue weighted by atomic mass is 10.0. The molecule has 1 aromatic carbocycles. The van der Waals surface area contributed by atoms with Gasteiger partial charge in [0.05, 0.1) is 6.20 Å². The van der Waals surface area contributed by atoms with Crippen LogP contribution in [0.15, 0.2) is 41.1 Å². The second kappa shape index (κ2) is 7.60. The van der Waals surface area contributed by atoms with Gasteiger partial charge in [-0.15, -0.1) is 0 Å². The summed E-state index contributed by atoms with van der Waals surface area (Å²) in [5.74, 6) is 0. The minimum Gasteiger partial charge on any atom is -0.314 e. The average molecular weight is 336 g/mol. The molecule has 0 spiro atoms. The van der Waals surface area contributed by atoms with Crippen LogP contribution in [0.1, 0.15) is 25.0 Å². The number of hydrogen-bond donors (Lipinski definition) is 1. The Kier molecular flexibility index (Phi) is 5.80. The molecular formula is C16H22BrN3. The first-order chi connectivity index (χ1) is 9.72. The van der Waals surface area contributed by atoms with E-state index in [1.54, 1.807) is 0 Å². The van der Waals surface area contributed by atoms with E-state index < -0.39 is 0 Å². The molecule has 1 heterocycles.